The van der Waals surface area contributed by atoms with Crippen LogP contribution in [0.1, 0.15) is 43.0 Å². The Morgan fingerprint density at radius 2 is 2.08 bits per heavy atom. The van der Waals surface area contributed by atoms with Gasteiger partial charge in [-0.15, -0.1) is 11.3 Å². The second kappa shape index (κ2) is 10.1. The van der Waals surface area contributed by atoms with Gasteiger partial charge in [-0.3, -0.25) is 4.79 Å². The zero-order valence-corrected chi connectivity index (χ0v) is 15.4. The van der Waals surface area contributed by atoms with Gasteiger partial charge in [0.15, 0.2) is 0 Å². The van der Waals surface area contributed by atoms with Gasteiger partial charge in [0, 0.05) is 17.3 Å². The summed E-state index contributed by atoms with van der Waals surface area (Å²) in [6.07, 6.45) is 5.80. The van der Waals surface area contributed by atoms with Crippen LogP contribution in [0.3, 0.4) is 0 Å². The van der Waals surface area contributed by atoms with Gasteiger partial charge < -0.3 is 10.1 Å². The van der Waals surface area contributed by atoms with E-state index in [0.29, 0.717) is 6.42 Å². The van der Waals surface area contributed by atoms with E-state index < -0.39 is 0 Å². The third-order valence-electron chi connectivity index (χ3n) is 3.99. The minimum Gasteiger partial charge on any atom is -0.497 e. The van der Waals surface area contributed by atoms with Crippen molar-refractivity contribution in [3.8, 4) is 5.75 Å². The number of nitrogens with one attached hydrogen (secondary N) is 1. The molecule has 2 aromatic rings. The molecule has 3 nitrogen and oxygen atoms in total. The van der Waals surface area contributed by atoms with Crippen LogP contribution in [-0.4, -0.2) is 19.1 Å². The van der Waals surface area contributed by atoms with Crippen LogP contribution >= 0.6 is 11.3 Å². The van der Waals surface area contributed by atoms with Crippen molar-refractivity contribution in [2.75, 3.05) is 7.11 Å². The summed E-state index contributed by atoms with van der Waals surface area (Å²) in [7, 11) is 1.67. The summed E-state index contributed by atoms with van der Waals surface area (Å²) >= 11 is 1.81. The first-order valence-electron chi connectivity index (χ1n) is 8.62. The first kappa shape index (κ1) is 18.5. The molecule has 0 saturated heterocycles. The quantitative estimate of drug-likeness (QED) is 0.639. The number of methoxy groups -OCH3 is 1. The molecule has 0 aliphatic carbocycles. The van der Waals surface area contributed by atoms with Gasteiger partial charge in [-0.1, -0.05) is 24.6 Å². The van der Waals surface area contributed by atoms with Crippen LogP contribution in [0.15, 0.2) is 41.8 Å². The third-order valence-corrected chi connectivity index (χ3v) is 4.93. The molecule has 0 radical (unpaired) electrons. The number of benzene rings is 1. The summed E-state index contributed by atoms with van der Waals surface area (Å²) < 4.78 is 5.23. The molecule has 1 aromatic heterocycles. The number of carbonyl (C=O) groups is 1. The van der Waals surface area contributed by atoms with E-state index in [2.05, 4.69) is 28.9 Å². The number of rotatable bonds is 10. The maximum absolute atomic E-state index is 12.0. The highest BCUT2D eigenvalue weighted by Gasteiger charge is 2.08. The molecular weight excluding hydrogens is 318 g/mol. The van der Waals surface area contributed by atoms with E-state index in [1.807, 2.05) is 36.5 Å². The summed E-state index contributed by atoms with van der Waals surface area (Å²) in [5, 5.41) is 5.21. The lowest BCUT2D eigenvalue weighted by molar-refractivity contribution is -0.121. The first-order chi connectivity index (χ1) is 11.7. The van der Waals surface area contributed by atoms with Crippen LogP contribution < -0.4 is 10.1 Å². The Morgan fingerprint density at radius 3 is 2.83 bits per heavy atom. The fraction of sp³-hybridized carbons (Fsp3) is 0.450. The molecule has 130 valence electrons. The lowest BCUT2D eigenvalue weighted by Crippen LogP contribution is -2.33. The van der Waals surface area contributed by atoms with Crippen molar-refractivity contribution >= 4 is 17.2 Å². The van der Waals surface area contributed by atoms with Crippen molar-refractivity contribution in [1.82, 2.24) is 5.32 Å². The zero-order chi connectivity index (χ0) is 17.2. The maximum Gasteiger partial charge on any atom is 0.220 e. The number of hydrogen-bond acceptors (Lipinski definition) is 3. The average Bonchev–Trinajstić information content (AvgIpc) is 3.08. The van der Waals surface area contributed by atoms with Gasteiger partial charge in [-0.2, -0.15) is 0 Å². The Balaban J connectivity index is 1.60. The second-order valence-corrected chi connectivity index (χ2v) is 7.20. The number of aryl methyl sites for hydroxylation is 1. The summed E-state index contributed by atoms with van der Waals surface area (Å²) in [5.74, 6) is 1.01. The number of amides is 1. The standard InChI is InChI=1S/C20H27NO2S/c1-16(14-17-8-6-9-18(15-17)23-2)21-20(22)12-5-3-4-10-19-11-7-13-24-19/h6-9,11,13,15-16H,3-5,10,12,14H2,1-2H3,(H,21,22). The Hall–Kier alpha value is -1.81. The Bertz CT molecular complexity index is 610. The zero-order valence-electron chi connectivity index (χ0n) is 14.6. The van der Waals surface area contributed by atoms with Gasteiger partial charge in [0.25, 0.3) is 0 Å². The van der Waals surface area contributed by atoms with Crippen molar-refractivity contribution in [1.29, 1.82) is 0 Å². The molecule has 0 saturated carbocycles. The molecule has 24 heavy (non-hydrogen) atoms. The highest BCUT2D eigenvalue weighted by Crippen LogP contribution is 2.15. The Morgan fingerprint density at radius 1 is 1.21 bits per heavy atom. The monoisotopic (exact) mass is 345 g/mol. The second-order valence-electron chi connectivity index (χ2n) is 6.16. The maximum atomic E-state index is 12.0. The molecule has 1 aromatic carbocycles. The molecule has 1 heterocycles. The van der Waals surface area contributed by atoms with Crippen LogP contribution in [0.25, 0.3) is 0 Å². The molecule has 0 fully saturated rings. The van der Waals surface area contributed by atoms with Crippen molar-refractivity contribution < 1.29 is 9.53 Å². The smallest absolute Gasteiger partial charge is 0.220 e. The molecule has 4 heteroatoms. The number of unbranched alkanes of at least 4 members (excludes halogenated alkanes) is 2. The lowest BCUT2D eigenvalue weighted by Gasteiger charge is -2.14. The van der Waals surface area contributed by atoms with Crippen LogP contribution in [0.2, 0.25) is 0 Å². The van der Waals surface area contributed by atoms with E-state index >= 15 is 0 Å². The van der Waals surface area contributed by atoms with Crippen molar-refractivity contribution in [3.05, 3.63) is 52.2 Å². The fourth-order valence-corrected chi connectivity index (χ4v) is 3.52. The molecule has 0 aliphatic rings. The molecule has 0 spiro atoms. The molecule has 0 bridgehead atoms. The van der Waals surface area contributed by atoms with E-state index in [1.54, 1.807) is 7.11 Å². The number of hydrogen-bond donors (Lipinski definition) is 1. The van der Waals surface area contributed by atoms with Gasteiger partial charge >= 0.3 is 0 Å². The summed E-state index contributed by atoms with van der Waals surface area (Å²) in [6.45, 7) is 2.05. The molecule has 2 rings (SSSR count). The largest absolute Gasteiger partial charge is 0.497 e. The predicted molar refractivity (Wildman–Crippen MR) is 101 cm³/mol. The van der Waals surface area contributed by atoms with Gasteiger partial charge in [-0.05, 0) is 61.7 Å². The molecular formula is C20H27NO2S. The summed E-state index contributed by atoms with van der Waals surface area (Å²) in [6, 6.07) is 12.4. The van der Waals surface area contributed by atoms with Gasteiger partial charge in [-0.25, -0.2) is 0 Å². The summed E-state index contributed by atoms with van der Waals surface area (Å²) in [4.78, 5) is 13.5. The normalized spacial score (nSPS) is 11.9. The lowest BCUT2D eigenvalue weighted by atomic mass is 10.1. The topological polar surface area (TPSA) is 38.3 Å². The van der Waals surface area contributed by atoms with Crippen LogP contribution in [-0.2, 0) is 17.6 Å². The molecule has 0 aliphatic heterocycles. The Labute approximate surface area is 149 Å². The number of ether oxygens (including phenoxy) is 1. The predicted octanol–water partition coefficient (Wildman–Crippen LogP) is 4.61. The molecule has 1 unspecified atom stereocenters. The van der Waals surface area contributed by atoms with Crippen LogP contribution in [0.4, 0.5) is 0 Å². The van der Waals surface area contributed by atoms with E-state index in [1.165, 1.54) is 10.4 Å². The molecule has 1 N–H and O–H groups in total. The average molecular weight is 346 g/mol. The summed E-state index contributed by atoms with van der Waals surface area (Å²) in [5.41, 5.74) is 1.18. The van der Waals surface area contributed by atoms with Gasteiger partial charge in [0.05, 0.1) is 7.11 Å². The van der Waals surface area contributed by atoms with Crippen molar-refractivity contribution in [2.24, 2.45) is 0 Å². The van der Waals surface area contributed by atoms with E-state index in [0.717, 1.165) is 37.9 Å². The highest BCUT2D eigenvalue weighted by atomic mass is 32.1. The van der Waals surface area contributed by atoms with Crippen molar-refractivity contribution in [3.63, 3.8) is 0 Å². The number of thiophene rings is 1. The van der Waals surface area contributed by atoms with Crippen LogP contribution in [0.5, 0.6) is 5.75 Å². The highest BCUT2D eigenvalue weighted by molar-refractivity contribution is 7.09. The molecule has 1 atom stereocenters. The minimum atomic E-state index is 0.135. The van der Waals surface area contributed by atoms with Crippen LogP contribution in [0, 0.1) is 0 Å². The van der Waals surface area contributed by atoms with Crippen molar-refractivity contribution in [2.45, 2.75) is 51.5 Å². The number of carbonyl (C=O) groups excluding carboxylic acids is 1. The van der Waals surface area contributed by atoms with E-state index in [-0.39, 0.29) is 11.9 Å². The van der Waals surface area contributed by atoms with Gasteiger partial charge in [0.1, 0.15) is 5.75 Å². The Kier molecular flexibility index (Phi) is 7.83. The SMILES string of the molecule is COc1cccc(CC(C)NC(=O)CCCCCc2cccs2)c1. The van der Waals surface area contributed by atoms with Gasteiger partial charge in [0.2, 0.25) is 5.91 Å². The van der Waals surface area contributed by atoms with E-state index in [4.69, 9.17) is 4.74 Å². The first-order valence-corrected chi connectivity index (χ1v) is 9.50. The third kappa shape index (κ3) is 6.75. The fourth-order valence-electron chi connectivity index (χ4n) is 2.77. The van der Waals surface area contributed by atoms with E-state index in [9.17, 15) is 4.79 Å². The molecule has 1 amide bonds. The minimum absolute atomic E-state index is 0.135.